The third-order valence-electron chi connectivity index (χ3n) is 7.06. The molecule has 3 rings (SSSR count). The van der Waals surface area contributed by atoms with Crippen molar-refractivity contribution in [2.45, 2.75) is 58.5 Å². The number of benzene rings is 2. The van der Waals surface area contributed by atoms with Crippen LogP contribution < -0.4 is 15.4 Å². The molecule has 12 heteroatoms. The number of aliphatic carboxylic acids is 1. The van der Waals surface area contributed by atoms with Gasteiger partial charge in [-0.3, -0.25) is 24.1 Å². The Morgan fingerprint density at radius 3 is 2.41 bits per heavy atom. The lowest BCUT2D eigenvalue weighted by Gasteiger charge is -2.26. The zero-order chi connectivity index (χ0) is 32.2. The van der Waals surface area contributed by atoms with E-state index in [4.69, 9.17) is 9.26 Å². The third kappa shape index (κ3) is 10.0. The van der Waals surface area contributed by atoms with Gasteiger partial charge in [-0.2, -0.15) is 4.98 Å². The van der Waals surface area contributed by atoms with Gasteiger partial charge in [0.1, 0.15) is 11.8 Å². The summed E-state index contributed by atoms with van der Waals surface area (Å²) in [5.74, 6) is -1.78. The van der Waals surface area contributed by atoms with Crippen LogP contribution >= 0.6 is 0 Å². The first-order chi connectivity index (χ1) is 21.0. The van der Waals surface area contributed by atoms with Gasteiger partial charge in [0.15, 0.2) is 11.6 Å². The van der Waals surface area contributed by atoms with E-state index in [0.717, 1.165) is 5.56 Å². The number of nitrogens with one attached hydrogen (secondary N) is 2. The summed E-state index contributed by atoms with van der Waals surface area (Å²) in [5.41, 5.74) is 2.27. The molecule has 2 aromatic carbocycles. The number of Topliss-reactive ketones (excluding diaryl/α,β-unsaturated/α-hetero) is 1. The van der Waals surface area contributed by atoms with Crippen LogP contribution in [0.5, 0.6) is 5.75 Å². The second-order valence-corrected chi connectivity index (χ2v) is 11.0. The SMILES string of the molecule is CCc1noc(-c2ccc(OC)c(CC(=O)NC(C(=O)NC(CC(=O)O)C(=O)CN(C)CCc3ccccc3)C(C)C)c2)n1. The molecule has 0 aliphatic rings. The molecule has 2 atom stereocenters. The average Bonchev–Trinajstić information content (AvgIpc) is 3.48. The number of hydrogen-bond donors (Lipinski definition) is 3. The van der Waals surface area contributed by atoms with Crippen molar-refractivity contribution in [3.05, 3.63) is 65.5 Å². The maximum absolute atomic E-state index is 13.3. The van der Waals surface area contributed by atoms with Crippen molar-refractivity contribution < 1.29 is 33.5 Å². The van der Waals surface area contributed by atoms with Crippen LogP contribution in [0.2, 0.25) is 0 Å². The Balaban J connectivity index is 1.66. The molecule has 0 fully saturated rings. The molecule has 0 radical (unpaired) electrons. The van der Waals surface area contributed by atoms with Crippen molar-refractivity contribution in [3.63, 3.8) is 0 Å². The van der Waals surface area contributed by atoms with E-state index in [9.17, 15) is 24.3 Å². The van der Waals surface area contributed by atoms with Gasteiger partial charge in [-0.15, -0.1) is 0 Å². The van der Waals surface area contributed by atoms with Crippen LogP contribution in [0.3, 0.4) is 0 Å². The molecule has 1 heterocycles. The van der Waals surface area contributed by atoms with Gasteiger partial charge in [-0.05, 0) is 43.1 Å². The molecule has 0 spiro atoms. The number of ether oxygens (including phenoxy) is 1. The molecule has 0 saturated carbocycles. The molecule has 0 saturated heterocycles. The lowest BCUT2D eigenvalue weighted by atomic mass is 10.0. The zero-order valence-corrected chi connectivity index (χ0v) is 25.8. The van der Waals surface area contributed by atoms with E-state index in [1.54, 1.807) is 44.0 Å². The minimum Gasteiger partial charge on any atom is -0.496 e. The van der Waals surface area contributed by atoms with Crippen LogP contribution in [0.25, 0.3) is 11.5 Å². The number of amides is 2. The summed E-state index contributed by atoms with van der Waals surface area (Å²) in [5, 5.41) is 18.7. The number of carboxylic acids is 1. The summed E-state index contributed by atoms with van der Waals surface area (Å²) in [6.45, 7) is 5.94. The monoisotopic (exact) mass is 607 g/mol. The van der Waals surface area contributed by atoms with Gasteiger partial charge in [0.2, 0.25) is 11.8 Å². The standard InChI is InChI=1S/C32H41N5O7/c1-6-27-34-32(44-36-27)22-12-13-26(43-5)23(16-22)17-28(39)35-30(20(2)3)31(42)33-24(18-29(40)41)25(38)19-37(4)15-14-21-10-8-7-9-11-21/h7-13,16,20,24,30H,6,14-15,17-19H2,1-5H3,(H,33,42)(H,35,39)(H,40,41). The normalized spacial score (nSPS) is 12.5. The second-order valence-electron chi connectivity index (χ2n) is 11.0. The zero-order valence-electron chi connectivity index (χ0n) is 25.8. The first-order valence-corrected chi connectivity index (χ1v) is 14.6. The van der Waals surface area contributed by atoms with Crippen LogP contribution in [0.1, 0.15) is 44.1 Å². The minimum atomic E-state index is -1.25. The van der Waals surface area contributed by atoms with E-state index in [1.807, 2.05) is 37.3 Å². The quantitative estimate of drug-likeness (QED) is 0.208. The highest BCUT2D eigenvalue weighted by Crippen LogP contribution is 2.26. The van der Waals surface area contributed by atoms with Crippen LogP contribution in [0.4, 0.5) is 0 Å². The molecule has 0 bridgehead atoms. The maximum atomic E-state index is 13.3. The Hall–Kier alpha value is -4.58. The summed E-state index contributed by atoms with van der Waals surface area (Å²) < 4.78 is 10.7. The minimum absolute atomic E-state index is 0.0420. The van der Waals surface area contributed by atoms with Crippen molar-refractivity contribution >= 4 is 23.6 Å². The molecule has 3 N–H and O–H groups in total. The van der Waals surface area contributed by atoms with Gasteiger partial charge in [0.05, 0.1) is 32.5 Å². The highest BCUT2D eigenvalue weighted by molar-refractivity contribution is 5.95. The smallest absolute Gasteiger partial charge is 0.305 e. The largest absolute Gasteiger partial charge is 0.496 e. The van der Waals surface area contributed by atoms with Gasteiger partial charge >= 0.3 is 5.97 Å². The van der Waals surface area contributed by atoms with Crippen LogP contribution in [0, 0.1) is 5.92 Å². The van der Waals surface area contributed by atoms with Crippen molar-refractivity contribution in [1.82, 2.24) is 25.7 Å². The number of carbonyl (C=O) groups is 4. The van der Waals surface area contributed by atoms with E-state index >= 15 is 0 Å². The van der Waals surface area contributed by atoms with E-state index in [1.165, 1.54) is 7.11 Å². The summed E-state index contributed by atoms with van der Waals surface area (Å²) in [4.78, 5) is 57.3. The van der Waals surface area contributed by atoms with Crippen molar-refractivity contribution in [2.24, 2.45) is 5.92 Å². The average molecular weight is 608 g/mol. The predicted octanol–water partition coefficient (Wildman–Crippen LogP) is 2.69. The number of ketones is 1. The van der Waals surface area contributed by atoms with Crippen molar-refractivity contribution in [2.75, 3.05) is 27.2 Å². The molecular formula is C32H41N5O7. The fourth-order valence-electron chi connectivity index (χ4n) is 4.60. The number of likely N-dealkylation sites (N-methyl/N-ethyl adjacent to an activating group) is 1. The van der Waals surface area contributed by atoms with Gasteiger partial charge in [0, 0.05) is 24.1 Å². The van der Waals surface area contributed by atoms with Gasteiger partial charge in [-0.25, -0.2) is 0 Å². The molecular weight excluding hydrogens is 566 g/mol. The number of aryl methyl sites for hydroxylation is 1. The Morgan fingerprint density at radius 2 is 1.80 bits per heavy atom. The molecule has 44 heavy (non-hydrogen) atoms. The van der Waals surface area contributed by atoms with Gasteiger partial charge in [-0.1, -0.05) is 56.3 Å². The molecule has 3 aromatic rings. The Kier molecular flexibility index (Phi) is 12.6. The van der Waals surface area contributed by atoms with E-state index in [-0.39, 0.29) is 18.9 Å². The Bertz CT molecular complexity index is 1420. The fraction of sp³-hybridized carbons (Fsp3) is 0.438. The molecule has 0 aliphatic carbocycles. The first-order valence-electron chi connectivity index (χ1n) is 14.6. The first kappa shape index (κ1) is 33.9. The summed E-state index contributed by atoms with van der Waals surface area (Å²) in [6, 6.07) is 12.7. The Morgan fingerprint density at radius 1 is 1.07 bits per heavy atom. The second kappa shape index (κ2) is 16.3. The lowest BCUT2D eigenvalue weighted by Crippen LogP contribution is -2.55. The summed E-state index contributed by atoms with van der Waals surface area (Å²) in [6.07, 6.45) is 0.628. The summed E-state index contributed by atoms with van der Waals surface area (Å²) in [7, 11) is 3.25. The van der Waals surface area contributed by atoms with Crippen molar-refractivity contribution in [1.29, 1.82) is 0 Å². The fourth-order valence-corrected chi connectivity index (χ4v) is 4.60. The third-order valence-corrected chi connectivity index (χ3v) is 7.06. The molecule has 2 amide bonds. The maximum Gasteiger partial charge on any atom is 0.305 e. The van der Waals surface area contributed by atoms with Gasteiger partial charge in [0.25, 0.3) is 5.89 Å². The Labute approximate surface area is 257 Å². The van der Waals surface area contributed by atoms with Crippen LogP contribution in [0.15, 0.2) is 53.1 Å². The number of carbonyl (C=O) groups excluding carboxylic acids is 3. The number of hydrogen-bond acceptors (Lipinski definition) is 9. The predicted molar refractivity (Wildman–Crippen MR) is 163 cm³/mol. The topological polar surface area (TPSA) is 164 Å². The number of nitrogens with zero attached hydrogens (tertiary/aromatic N) is 3. The van der Waals surface area contributed by atoms with E-state index < -0.39 is 42.1 Å². The number of methoxy groups -OCH3 is 1. The number of rotatable bonds is 17. The van der Waals surface area contributed by atoms with E-state index in [0.29, 0.717) is 48.0 Å². The molecule has 12 nitrogen and oxygen atoms in total. The van der Waals surface area contributed by atoms with Crippen molar-refractivity contribution in [3.8, 4) is 17.2 Å². The van der Waals surface area contributed by atoms with E-state index in [2.05, 4.69) is 20.8 Å². The molecule has 0 aliphatic heterocycles. The number of aromatic nitrogens is 2. The highest BCUT2D eigenvalue weighted by atomic mass is 16.5. The molecule has 1 aromatic heterocycles. The lowest BCUT2D eigenvalue weighted by molar-refractivity contribution is -0.141. The summed E-state index contributed by atoms with van der Waals surface area (Å²) >= 11 is 0. The van der Waals surface area contributed by atoms with Crippen LogP contribution in [-0.2, 0) is 38.4 Å². The van der Waals surface area contributed by atoms with Crippen LogP contribution in [-0.4, -0.2) is 83.0 Å². The number of carboxylic acid groups (broad SMARTS) is 1. The highest BCUT2D eigenvalue weighted by Gasteiger charge is 2.30. The molecule has 2 unspecified atom stereocenters. The molecule has 236 valence electrons. The van der Waals surface area contributed by atoms with Gasteiger partial charge < -0.3 is 25.0 Å².